The van der Waals surface area contributed by atoms with Crippen molar-refractivity contribution in [3.05, 3.63) is 0 Å². The highest BCUT2D eigenvalue weighted by molar-refractivity contribution is 5.77. The molecule has 0 aromatic rings. The number of hydrogen-bond acceptors (Lipinski definition) is 2. The first-order valence-electron chi connectivity index (χ1n) is 9.70. The molecule has 3 unspecified atom stereocenters. The summed E-state index contributed by atoms with van der Waals surface area (Å²) in [7, 11) is 1.92. The lowest BCUT2D eigenvalue weighted by atomic mass is 9.47. The van der Waals surface area contributed by atoms with Gasteiger partial charge in [0.1, 0.15) is 0 Å². The fraction of sp³-hybridized carbons (Fsp3) is 0.950. The molecule has 23 heavy (non-hydrogen) atoms. The molecule has 4 fully saturated rings. The van der Waals surface area contributed by atoms with E-state index in [0.717, 1.165) is 24.7 Å². The predicted molar refractivity (Wildman–Crippen MR) is 90.7 cm³/mol. The van der Waals surface area contributed by atoms with E-state index in [1.807, 2.05) is 11.9 Å². The minimum Gasteiger partial charge on any atom is -0.391 e. The molecule has 0 spiro atoms. The Morgan fingerprint density at radius 3 is 2.65 bits per heavy atom. The molecule has 4 aliphatic rings. The van der Waals surface area contributed by atoms with Crippen molar-refractivity contribution in [1.29, 1.82) is 0 Å². The van der Waals surface area contributed by atoms with Crippen LogP contribution in [0.4, 0.5) is 0 Å². The number of hydrogen-bond donors (Lipinski definition) is 1. The Labute approximate surface area is 140 Å². The van der Waals surface area contributed by atoms with Gasteiger partial charge in [0.05, 0.1) is 12.1 Å². The van der Waals surface area contributed by atoms with Gasteiger partial charge in [-0.2, -0.15) is 0 Å². The zero-order valence-corrected chi connectivity index (χ0v) is 15.2. The molecule has 130 valence electrons. The Morgan fingerprint density at radius 1 is 1.17 bits per heavy atom. The number of likely N-dealkylation sites (N-methyl/N-ethyl adjacent to an activating group) is 1. The van der Waals surface area contributed by atoms with Crippen LogP contribution >= 0.6 is 0 Å². The average Bonchev–Trinajstić information content (AvgIpc) is 2.78. The van der Waals surface area contributed by atoms with Crippen LogP contribution in [0.5, 0.6) is 0 Å². The minimum absolute atomic E-state index is 0.0354. The average molecular weight is 319 g/mol. The SMILES string of the molecule is CC1C[C@H]2[C@@H]3CC(O)C4N(C)C(=O)CC[C@]4(C)[C@@H]3CC[C@]2(C)C1. The molecular weight excluding hydrogens is 286 g/mol. The lowest BCUT2D eigenvalue weighted by Crippen LogP contribution is -2.66. The van der Waals surface area contributed by atoms with Crippen molar-refractivity contribution in [2.45, 2.75) is 77.9 Å². The van der Waals surface area contributed by atoms with Crippen LogP contribution in [0.2, 0.25) is 0 Å². The molecule has 3 saturated carbocycles. The second kappa shape index (κ2) is 4.97. The quantitative estimate of drug-likeness (QED) is 0.743. The largest absolute Gasteiger partial charge is 0.391 e. The summed E-state index contributed by atoms with van der Waals surface area (Å²) in [5.41, 5.74) is 0.609. The normalized spacial score (nSPS) is 56.0. The lowest BCUT2D eigenvalue weighted by Gasteiger charge is -2.62. The van der Waals surface area contributed by atoms with Crippen molar-refractivity contribution < 1.29 is 9.90 Å². The van der Waals surface area contributed by atoms with Gasteiger partial charge in [-0.25, -0.2) is 0 Å². The Morgan fingerprint density at radius 2 is 1.91 bits per heavy atom. The molecule has 1 N–H and O–H groups in total. The highest BCUT2D eigenvalue weighted by Gasteiger charge is 2.62. The van der Waals surface area contributed by atoms with Gasteiger partial charge >= 0.3 is 0 Å². The van der Waals surface area contributed by atoms with E-state index in [4.69, 9.17) is 0 Å². The molecule has 3 heteroatoms. The zero-order valence-electron chi connectivity index (χ0n) is 15.2. The van der Waals surface area contributed by atoms with Gasteiger partial charge in [-0.1, -0.05) is 20.8 Å². The van der Waals surface area contributed by atoms with Crippen LogP contribution in [0.25, 0.3) is 0 Å². The number of aliphatic hydroxyl groups is 1. The van der Waals surface area contributed by atoms with Crippen molar-refractivity contribution >= 4 is 5.91 Å². The molecule has 0 radical (unpaired) electrons. The second-order valence-corrected chi connectivity index (χ2v) is 9.87. The van der Waals surface area contributed by atoms with Gasteiger partial charge in [0.25, 0.3) is 0 Å². The maximum absolute atomic E-state index is 12.2. The van der Waals surface area contributed by atoms with Crippen molar-refractivity contribution in [2.75, 3.05) is 7.05 Å². The Bertz CT molecular complexity index is 520. The monoisotopic (exact) mass is 319 g/mol. The fourth-order valence-electron chi connectivity index (χ4n) is 7.66. The summed E-state index contributed by atoms with van der Waals surface area (Å²) < 4.78 is 0. The van der Waals surface area contributed by atoms with E-state index in [0.29, 0.717) is 23.7 Å². The molecule has 3 aliphatic carbocycles. The van der Waals surface area contributed by atoms with E-state index in [1.54, 1.807) is 0 Å². The number of nitrogens with zero attached hydrogens (tertiary/aromatic N) is 1. The predicted octanol–water partition coefficient (Wildman–Crippen LogP) is 3.46. The van der Waals surface area contributed by atoms with Crippen LogP contribution < -0.4 is 0 Å². The maximum atomic E-state index is 12.2. The number of likely N-dealkylation sites (tertiary alicyclic amines) is 1. The van der Waals surface area contributed by atoms with Crippen molar-refractivity contribution in [1.82, 2.24) is 4.90 Å². The summed E-state index contributed by atoms with van der Waals surface area (Å²) in [5.74, 6) is 3.19. The van der Waals surface area contributed by atoms with E-state index in [9.17, 15) is 9.90 Å². The van der Waals surface area contributed by atoms with Crippen molar-refractivity contribution in [2.24, 2.45) is 34.5 Å². The summed E-state index contributed by atoms with van der Waals surface area (Å²) in [4.78, 5) is 14.1. The Hall–Kier alpha value is -0.570. The first-order valence-corrected chi connectivity index (χ1v) is 9.70. The van der Waals surface area contributed by atoms with Gasteiger partial charge in [-0.3, -0.25) is 4.79 Å². The first-order chi connectivity index (χ1) is 10.8. The van der Waals surface area contributed by atoms with Gasteiger partial charge < -0.3 is 10.0 Å². The molecule has 1 heterocycles. The number of rotatable bonds is 0. The number of carbonyl (C=O) groups is 1. The van der Waals surface area contributed by atoms with Crippen LogP contribution in [-0.2, 0) is 4.79 Å². The number of carbonyl (C=O) groups excluding carboxylic acids is 1. The minimum atomic E-state index is -0.339. The third-order valence-electron chi connectivity index (χ3n) is 8.52. The summed E-state index contributed by atoms with van der Waals surface area (Å²) in [5, 5.41) is 11.0. The lowest BCUT2D eigenvalue weighted by molar-refractivity contribution is -0.178. The Balaban J connectivity index is 1.69. The molecular formula is C20H33NO2. The van der Waals surface area contributed by atoms with E-state index >= 15 is 0 Å². The number of amides is 1. The highest BCUT2D eigenvalue weighted by atomic mass is 16.3. The van der Waals surface area contributed by atoms with E-state index < -0.39 is 0 Å². The summed E-state index contributed by atoms with van der Waals surface area (Å²) >= 11 is 0. The van der Waals surface area contributed by atoms with Gasteiger partial charge in [-0.05, 0) is 73.0 Å². The first kappa shape index (κ1) is 15.9. The third kappa shape index (κ3) is 2.08. The van der Waals surface area contributed by atoms with Crippen LogP contribution in [0.3, 0.4) is 0 Å². The number of fused-ring (bicyclic) bond motifs is 5. The van der Waals surface area contributed by atoms with Crippen LogP contribution in [0.1, 0.15) is 65.7 Å². The molecule has 8 atom stereocenters. The number of piperidine rings is 1. The highest BCUT2D eigenvalue weighted by Crippen LogP contribution is 2.65. The van der Waals surface area contributed by atoms with E-state index in [1.165, 1.54) is 25.7 Å². The van der Waals surface area contributed by atoms with Crippen molar-refractivity contribution in [3.63, 3.8) is 0 Å². The van der Waals surface area contributed by atoms with E-state index in [2.05, 4.69) is 20.8 Å². The fourth-order valence-corrected chi connectivity index (χ4v) is 7.66. The van der Waals surface area contributed by atoms with Gasteiger partial charge in [-0.15, -0.1) is 0 Å². The summed E-state index contributed by atoms with van der Waals surface area (Å²) in [6.45, 7) is 7.30. The summed E-state index contributed by atoms with van der Waals surface area (Å²) in [6, 6.07) is 0.0354. The van der Waals surface area contributed by atoms with Gasteiger partial charge in [0.15, 0.2) is 0 Å². The van der Waals surface area contributed by atoms with Crippen LogP contribution in [0.15, 0.2) is 0 Å². The molecule has 0 bridgehead atoms. The smallest absolute Gasteiger partial charge is 0.222 e. The molecule has 1 amide bonds. The topological polar surface area (TPSA) is 40.5 Å². The Kier molecular flexibility index (Phi) is 3.44. The molecule has 0 aromatic carbocycles. The molecule has 1 aliphatic heterocycles. The second-order valence-electron chi connectivity index (χ2n) is 9.87. The molecule has 1 saturated heterocycles. The number of aliphatic hydroxyl groups excluding tert-OH is 1. The maximum Gasteiger partial charge on any atom is 0.222 e. The molecule has 0 aromatic heterocycles. The van der Waals surface area contributed by atoms with Crippen LogP contribution in [-0.4, -0.2) is 35.1 Å². The van der Waals surface area contributed by atoms with E-state index in [-0.39, 0.29) is 23.5 Å². The zero-order chi connectivity index (χ0) is 16.6. The summed E-state index contributed by atoms with van der Waals surface area (Å²) in [6.07, 6.45) is 7.57. The van der Waals surface area contributed by atoms with Crippen molar-refractivity contribution in [3.8, 4) is 0 Å². The van der Waals surface area contributed by atoms with Gasteiger partial charge in [0, 0.05) is 13.5 Å². The molecule has 3 nitrogen and oxygen atoms in total. The van der Waals surface area contributed by atoms with Gasteiger partial charge in [0.2, 0.25) is 5.91 Å². The molecule has 4 rings (SSSR count). The van der Waals surface area contributed by atoms with Crippen LogP contribution in [0, 0.1) is 34.5 Å². The third-order valence-corrected chi connectivity index (χ3v) is 8.52. The standard InChI is InChI=1S/C20H33NO2/c1-12-9-15-13-10-16(22)18-20(3,8-6-17(23)21(18)4)14(13)5-7-19(15,2)11-12/h12-16,18,22H,5-11H2,1-4H3/t12?,13-,14-,15+,16?,18?,19-,20-/m1/s1.